The number of nitrogens with zero attached hydrogens (tertiary/aromatic N) is 3. The number of fused-ring (bicyclic) bond motifs is 1. The molecule has 0 aromatic carbocycles. The molecule has 1 unspecified atom stereocenters. The minimum atomic E-state index is -0.0931. The Bertz CT molecular complexity index is 617. The summed E-state index contributed by atoms with van der Waals surface area (Å²) in [5.41, 5.74) is 1.87. The van der Waals surface area contributed by atoms with Crippen molar-refractivity contribution in [3.8, 4) is 0 Å². The molecule has 2 heterocycles. The number of aromatic nitrogens is 3. The van der Waals surface area contributed by atoms with Gasteiger partial charge in [0.2, 0.25) is 0 Å². The van der Waals surface area contributed by atoms with Gasteiger partial charge >= 0.3 is 0 Å². The molecule has 2 aromatic heterocycles. The summed E-state index contributed by atoms with van der Waals surface area (Å²) in [6.45, 7) is 2.94. The van der Waals surface area contributed by atoms with Crippen molar-refractivity contribution in [3.05, 3.63) is 22.6 Å². The van der Waals surface area contributed by atoms with Gasteiger partial charge in [0.05, 0.1) is 5.38 Å². The maximum absolute atomic E-state index is 6.30. The fourth-order valence-electron chi connectivity index (χ4n) is 3.37. The van der Waals surface area contributed by atoms with Crippen molar-refractivity contribution >= 4 is 38.7 Å². The van der Waals surface area contributed by atoms with E-state index in [9.17, 15) is 0 Å². The quantitative estimate of drug-likeness (QED) is 0.654. The van der Waals surface area contributed by atoms with Crippen LogP contribution in [0.3, 0.4) is 0 Å². The molecule has 5 heteroatoms. The summed E-state index contributed by atoms with van der Waals surface area (Å²) in [6, 6.07) is 2.01. The molecule has 3 nitrogen and oxygen atoms in total. The van der Waals surface area contributed by atoms with Crippen molar-refractivity contribution in [2.24, 2.45) is 5.92 Å². The Hall–Kier alpha value is -0.610. The highest BCUT2D eigenvalue weighted by atomic mass is 79.9. The second kappa shape index (κ2) is 6.66. The van der Waals surface area contributed by atoms with Gasteiger partial charge in [-0.3, -0.25) is 0 Å². The summed E-state index contributed by atoms with van der Waals surface area (Å²) in [6.07, 6.45) is 9.98. The molecule has 0 radical (unpaired) electrons. The summed E-state index contributed by atoms with van der Waals surface area (Å²) in [5, 5.41) is -0.0931. The van der Waals surface area contributed by atoms with Crippen LogP contribution < -0.4 is 0 Å². The molecule has 0 spiro atoms. The third-order valence-corrected chi connectivity index (χ3v) is 5.03. The summed E-state index contributed by atoms with van der Waals surface area (Å²) >= 11 is 9.76. The Morgan fingerprint density at radius 2 is 2.19 bits per heavy atom. The molecule has 0 bridgehead atoms. The maximum atomic E-state index is 6.30. The average molecular weight is 371 g/mol. The van der Waals surface area contributed by atoms with Gasteiger partial charge in [-0.2, -0.15) is 0 Å². The highest BCUT2D eigenvalue weighted by Gasteiger charge is 2.18. The summed E-state index contributed by atoms with van der Waals surface area (Å²) in [7, 11) is 0. The van der Waals surface area contributed by atoms with Crippen LogP contribution in [0.1, 0.15) is 56.7 Å². The highest BCUT2D eigenvalue weighted by Crippen LogP contribution is 2.30. The Morgan fingerprint density at radius 1 is 1.43 bits per heavy atom. The first-order chi connectivity index (χ1) is 10.1. The predicted octanol–water partition coefficient (Wildman–Crippen LogP) is 5.46. The highest BCUT2D eigenvalue weighted by molar-refractivity contribution is 9.10. The van der Waals surface area contributed by atoms with Crippen LogP contribution in [0.25, 0.3) is 11.2 Å². The van der Waals surface area contributed by atoms with Gasteiger partial charge in [0.15, 0.2) is 5.65 Å². The molecule has 0 amide bonds. The minimum Gasteiger partial charge on any atom is -0.311 e. The van der Waals surface area contributed by atoms with E-state index in [1.54, 1.807) is 0 Å². The van der Waals surface area contributed by atoms with E-state index < -0.39 is 0 Å². The molecule has 21 heavy (non-hydrogen) atoms. The zero-order chi connectivity index (χ0) is 14.8. The molecule has 0 saturated heterocycles. The Balaban J connectivity index is 1.79. The van der Waals surface area contributed by atoms with Crippen LogP contribution >= 0.6 is 27.5 Å². The first-order valence-corrected chi connectivity index (χ1v) is 9.04. The minimum absolute atomic E-state index is 0.0931. The predicted molar refractivity (Wildman–Crippen MR) is 90.7 cm³/mol. The fraction of sp³-hybridized carbons (Fsp3) is 0.625. The largest absolute Gasteiger partial charge is 0.311 e. The molecule has 0 N–H and O–H groups in total. The number of aryl methyl sites for hydroxylation is 1. The molecule has 1 saturated carbocycles. The van der Waals surface area contributed by atoms with Crippen LogP contribution in [0.2, 0.25) is 0 Å². The molecular formula is C16H21BrClN3. The van der Waals surface area contributed by atoms with Crippen LogP contribution in [0, 0.1) is 5.92 Å². The van der Waals surface area contributed by atoms with Crippen LogP contribution in [0.4, 0.5) is 0 Å². The van der Waals surface area contributed by atoms with Crippen molar-refractivity contribution in [1.82, 2.24) is 14.5 Å². The number of alkyl halides is 1. The van der Waals surface area contributed by atoms with Crippen LogP contribution in [0.5, 0.6) is 0 Å². The van der Waals surface area contributed by atoms with Gasteiger partial charge in [0.1, 0.15) is 11.3 Å². The molecule has 0 aliphatic heterocycles. The lowest BCUT2D eigenvalue weighted by Gasteiger charge is -2.12. The fourth-order valence-corrected chi connectivity index (χ4v) is 3.85. The van der Waals surface area contributed by atoms with Gasteiger partial charge in [-0.1, -0.05) is 25.7 Å². The van der Waals surface area contributed by atoms with E-state index in [-0.39, 0.29) is 5.38 Å². The van der Waals surface area contributed by atoms with Crippen LogP contribution in [-0.4, -0.2) is 14.5 Å². The second-order valence-electron chi connectivity index (χ2n) is 6.03. The van der Waals surface area contributed by atoms with Gasteiger partial charge in [-0.15, -0.1) is 11.6 Å². The summed E-state index contributed by atoms with van der Waals surface area (Å²) < 4.78 is 3.16. The maximum Gasteiger partial charge on any atom is 0.160 e. The van der Waals surface area contributed by atoms with Crippen molar-refractivity contribution in [3.63, 3.8) is 0 Å². The molecule has 2 aromatic rings. The van der Waals surface area contributed by atoms with Crippen molar-refractivity contribution in [2.75, 3.05) is 0 Å². The van der Waals surface area contributed by atoms with Crippen molar-refractivity contribution in [1.29, 1.82) is 0 Å². The lowest BCUT2D eigenvalue weighted by atomic mass is 10.0. The monoisotopic (exact) mass is 369 g/mol. The van der Waals surface area contributed by atoms with E-state index in [4.69, 9.17) is 11.6 Å². The SMILES string of the molecule is CC(Cl)c1nc2cc(Br)cnc2n1CCCC1CCCC1. The molecule has 1 fully saturated rings. The Kier molecular flexibility index (Phi) is 4.85. The number of hydrogen-bond acceptors (Lipinski definition) is 2. The van der Waals surface area contributed by atoms with E-state index in [0.29, 0.717) is 0 Å². The standard InChI is InChI=1S/C16H21BrClN3/c1-11(18)15-20-14-9-13(17)10-19-16(14)21(15)8-4-7-12-5-2-3-6-12/h9-12H,2-8H2,1H3. The number of imidazole rings is 1. The molecule has 114 valence electrons. The Morgan fingerprint density at radius 3 is 2.90 bits per heavy atom. The van der Waals surface area contributed by atoms with E-state index in [1.807, 2.05) is 19.2 Å². The zero-order valence-corrected chi connectivity index (χ0v) is 14.7. The smallest absolute Gasteiger partial charge is 0.160 e. The molecule has 3 rings (SSSR count). The number of pyridine rings is 1. The second-order valence-corrected chi connectivity index (χ2v) is 7.60. The van der Waals surface area contributed by atoms with E-state index in [2.05, 4.69) is 30.5 Å². The van der Waals surface area contributed by atoms with E-state index in [1.165, 1.54) is 38.5 Å². The number of rotatable bonds is 5. The molecule has 1 aliphatic rings. The van der Waals surface area contributed by atoms with Gasteiger partial charge in [0, 0.05) is 17.2 Å². The molecular weight excluding hydrogens is 350 g/mol. The van der Waals surface area contributed by atoms with Crippen LogP contribution in [0.15, 0.2) is 16.7 Å². The van der Waals surface area contributed by atoms with Gasteiger partial charge in [-0.05, 0) is 47.7 Å². The van der Waals surface area contributed by atoms with Crippen LogP contribution in [-0.2, 0) is 6.54 Å². The Labute approximate surface area is 139 Å². The first kappa shape index (κ1) is 15.3. The third kappa shape index (κ3) is 3.42. The van der Waals surface area contributed by atoms with Gasteiger partial charge < -0.3 is 4.57 Å². The van der Waals surface area contributed by atoms with Gasteiger partial charge in [0.25, 0.3) is 0 Å². The van der Waals surface area contributed by atoms with E-state index in [0.717, 1.165) is 33.9 Å². The normalized spacial score (nSPS) is 17.7. The van der Waals surface area contributed by atoms with Gasteiger partial charge in [-0.25, -0.2) is 9.97 Å². The van der Waals surface area contributed by atoms with Crippen molar-refractivity contribution in [2.45, 2.75) is 57.4 Å². The zero-order valence-electron chi connectivity index (χ0n) is 12.4. The van der Waals surface area contributed by atoms with Crippen molar-refractivity contribution < 1.29 is 0 Å². The summed E-state index contributed by atoms with van der Waals surface area (Å²) in [4.78, 5) is 9.19. The molecule has 1 aliphatic carbocycles. The molecule has 1 atom stereocenters. The first-order valence-electron chi connectivity index (χ1n) is 7.81. The lowest BCUT2D eigenvalue weighted by Crippen LogP contribution is -2.07. The number of hydrogen-bond donors (Lipinski definition) is 0. The van der Waals surface area contributed by atoms with E-state index >= 15 is 0 Å². The topological polar surface area (TPSA) is 30.7 Å². The average Bonchev–Trinajstić information content (AvgIpc) is 3.06. The number of halogens is 2. The lowest BCUT2D eigenvalue weighted by molar-refractivity contribution is 0.457. The summed E-state index contributed by atoms with van der Waals surface area (Å²) in [5.74, 6) is 1.86. The third-order valence-electron chi connectivity index (χ3n) is 4.41.